The lowest BCUT2D eigenvalue weighted by Gasteiger charge is -2.24. The van der Waals surface area contributed by atoms with Crippen LogP contribution in [0, 0.1) is 11.3 Å². The van der Waals surface area contributed by atoms with E-state index in [-0.39, 0.29) is 11.8 Å². The molecule has 0 spiro atoms. The van der Waals surface area contributed by atoms with E-state index in [2.05, 4.69) is 5.32 Å². The first-order valence-corrected chi connectivity index (χ1v) is 8.38. The highest BCUT2D eigenvalue weighted by molar-refractivity contribution is 6.01. The molecule has 3 rings (SSSR count). The van der Waals surface area contributed by atoms with Gasteiger partial charge in [0, 0.05) is 17.8 Å². The second-order valence-corrected chi connectivity index (χ2v) is 6.07. The van der Waals surface area contributed by atoms with Gasteiger partial charge in [0.05, 0.1) is 18.7 Å². The van der Waals surface area contributed by atoms with E-state index >= 15 is 0 Å². The Hall–Kier alpha value is -3.33. The Morgan fingerprint density at radius 2 is 2.00 bits per heavy atom. The molecule has 2 amide bonds. The molecule has 6 nitrogen and oxygen atoms in total. The Morgan fingerprint density at radius 1 is 1.23 bits per heavy atom. The summed E-state index contributed by atoms with van der Waals surface area (Å²) >= 11 is 0. The van der Waals surface area contributed by atoms with Gasteiger partial charge in [0.1, 0.15) is 11.8 Å². The van der Waals surface area contributed by atoms with Gasteiger partial charge in [-0.25, -0.2) is 0 Å². The molecule has 1 aliphatic rings. The van der Waals surface area contributed by atoms with Crippen LogP contribution in [-0.2, 0) is 4.79 Å². The quantitative estimate of drug-likeness (QED) is 0.920. The predicted octanol–water partition coefficient (Wildman–Crippen LogP) is 2.81. The smallest absolute Gasteiger partial charge is 0.254 e. The second-order valence-electron chi connectivity index (χ2n) is 6.07. The highest BCUT2D eigenvalue weighted by Crippen LogP contribution is 2.23. The van der Waals surface area contributed by atoms with Crippen LogP contribution >= 0.6 is 0 Å². The van der Waals surface area contributed by atoms with E-state index in [1.165, 1.54) is 0 Å². The molecule has 1 atom stereocenters. The molecule has 1 saturated heterocycles. The lowest BCUT2D eigenvalue weighted by atomic mass is 10.1. The average molecular weight is 349 g/mol. The van der Waals surface area contributed by atoms with Crippen LogP contribution in [0.2, 0.25) is 0 Å². The number of carbonyl (C=O) groups is 2. The lowest BCUT2D eigenvalue weighted by molar-refractivity contribution is -0.119. The van der Waals surface area contributed by atoms with Crippen molar-refractivity contribution in [1.29, 1.82) is 5.26 Å². The first-order chi connectivity index (χ1) is 12.6. The van der Waals surface area contributed by atoms with Gasteiger partial charge in [-0.3, -0.25) is 9.59 Å². The number of nitrogens with zero attached hydrogens (tertiary/aromatic N) is 2. The van der Waals surface area contributed by atoms with Crippen molar-refractivity contribution < 1.29 is 14.3 Å². The zero-order valence-electron chi connectivity index (χ0n) is 14.4. The highest BCUT2D eigenvalue weighted by atomic mass is 16.5. The van der Waals surface area contributed by atoms with Gasteiger partial charge in [-0.15, -0.1) is 0 Å². The van der Waals surface area contributed by atoms with E-state index in [1.807, 2.05) is 6.07 Å². The summed E-state index contributed by atoms with van der Waals surface area (Å²) in [4.78, 5) is 27.0. The van der Waals surface area contributed by atoms with Gasteiger partial charge >= 0.3 is 0 Å². The van der Waals surface area contributed by atoms with Crippen molar-refractivity contribution in [1.82, 2.24) is 4.90 Å². The fourth-order valence-electron chi connectivity index (χ4n) is 3.07. The van der Waals surface area contributed by atoms with Crippen LogP contribution in [0.1, 0.15) is 28.8 Å². The number of methoxy groups -OCH3 is 1. The molecular formula is C20H19N3O3. The molecule has 1 fully saturated rings. The summed E-state index contributed by atoms with van der Waals surface area (Å²) in [5, 5.41) is 11.9. The van der Waals surface area contributed by atoms with Crippen LogP contribution in [0.5, 0.6) is 5.75 Å². The van der Waals surface area contributed by atoms with Gasteiger partial charge in [-0.05, 0) is 55.3 Å². The fraction of sp³-hybridized carbons (Fsp3) is 0.250. The van der Waals surface area contributed by atoms with E-state index < -0.39 is 6.04 Å². The van der Waals surface area contributed by atoms with Crippen LogP contribution in [0.25, 0.3) is 0 Å². The Bertz CT molecular complexity index is 855. The number of hydrogen-bond acceptors (Lipinski definition) is 4. The van der Waals surface area contributed by atoms with Crippen molar-refractivity contribution in [2.45, 2.75) is 18.9 Å². The van der Waals surface area contributed by atoms with Crippen molar-refractivity contribution in [3.05, 3.63) is 59.7 Å². The molecule has 0 bridgehead atoms. The van der Waals surface area contributed by atoms with Crippen LogP contribution in [0.4, 0.5) is 5.69 Å². The van der Waals surface area contributed by atoms with E-state index in [0.717, 1.165) is 6.42 Å². The van der Waals surface area contributed by atoms with Crippen LogP contribution in [-0.4, -0.2) is 36.4 Å². The zero-order valence-corrected chi connectivity index (χ0v) is 14.4. The molecule has 0 unspecified atom stereocenters. The predicted molar refractivity (Wildman–Crippen MR) is 96.8 cm³/mol. The molecule has 1 aliphatic heterocycles. The summed E-state index contributed by atoms with van der Waals surface area (Å²) in [7, 11) is 1.58. The van der Waals surface area contributed by atoms with Crippen molar-refractivity contribution >= 4 is 17.5 Å². The first-order valence-electron chi connectivity index (χ1n) is 8.38. The molecule has 2 aromatic carbocycles. The van der Waals surface area contributed by atoms with E-state index in [1.54, 1.807) is 60.5 Å². The lowest BCUT2D eigenvalue weighted by Crippen LogP contribution is -2.43. The Kier molecular flexibility index (Phi) is 5.18. The van der Waals surface area contributed by atoms with Gasteiger partial charge in [0.25, 0.3) is 5.91 Å². The maximum atomic E-state index is 12.8. The normalized spacial score (nSPS) is 16.0. The Labute approximate surface area is 152 Å². The number of anilines is 1. The third kappa shape index (κ3) is 3.67. The number of rotatable bonds is 4. The van der Waals surface area contributed by atoms with Crippen LogP contribution in [0.3, 0.4) is 0 Å². The number of benzene rings is 2. The maximum Gasteiger partial charge on any atom is 0.254 e. The molecular weight excluding hydrogens is 330 g/mol. The SMILES string of the molecule is COc1ccc(NC(=O)[C@H]2CCCN2C(=O)c2cccc(C#N)c2)cc1. The number of hydrogen-bond donors (Lipinski definition) is 1. The first kappa shape index (κ1) is 17.5. The third-order valence-electron chi connectivity index (χ3n) is 4.41. The number of likely N-dealkylation sites (tertiary alicyclic amines) is 1. The summed E-state index contributed by atoms with van der Waals surface area (Å²) in [6, 6.07) is 15.1. The minimum Gasteiger partial charge on any atom is -0.497 e. The molecule has 0 aliphatic carbocycles. The van der Waals surface area contributed by atoms with Crippen molar-refractivity contribution in [3.63, 3.8) is 0 Å². The number of ether oxygens (including phenoxy) is 1. The van der Waals surface area contributed by atoms with E-state index in [4.69, 9.17) is 10.00 Å². The fourth-order valence-corrected chi connectivity index (χ4v) is 3.07. The molecule has 0 saturated carbocycles. The van der Waals surface area contributed by atoms with Crippen LogP contribution in [0.15, 0.2) is 48.5 Å². The minimum absolute atomic E-state index is 0.211. The molecule has 2 aromatic rings. The topological polar surface area (TPSA) is 82.4 Å². The summed E-state index contributed by atoms with van der Waals surface area (Å²) in [5.41, 5.74) is 1.50. The summed E-state index contributed by atoms with van der Waals surface area (Å²) in [6.07, 6.45) is 1.38. The molecule has 132 valence electrons. The maximum absolute atomic E-state index is 12.8. The van der Waals surface area contributed by atoms with Gasteiger partial charge < -0.3 is 15.0 Å². The summed E-state index contributed by atoms with van der Waals surface area (Å²) < 4.78 is 5.10. The largest absolute Gasteiger partial charge is 0.497 e. The molecule has 26 heavy (non-hydrogen) atoms. The van der Waals surface area contributed by atoms with Crippen molar-refractivity contribution in [2.24, 2.45) is 0 Å². The van der Waals surface area contributed by atoms with Crippen molar-refractivity contribution in [2.75, 3.05) is 19.0 Å². The third-order valence-corrected chi connectivity index (χ3v) is 4.41. The molecule has 1 N–H and O–H groups in total. The Balaban J connectivity index is 1.73. The minimum atomic E-state index is -0.518. The second kappa shape index (κ2) is 7.70. The van der Waals surface area contributed by atoms with Crippen molar-refractivity contribution in [3.8, 4) is 11.8 Å². The molecule has 1 heterocycles. The molecule has 0 radical (unpaired) electrons. The van der Waals surface area contributed by atoms with Gasteiger partial charge in [0.2, 0.25) is 5.91 Å². The summed E-state index contributed by atoms with van der Waals surface area (Å²) in [6.45, 7) is 0.524. The Morgan fingerprint density at radius 3 is 2.69 bits per heavy atom. The van der Waals surface area contributed by atoms with E-state index in [9.17, 15) is 9.59 Å². The van der Waals surface area contributed by atoms with E-state index in [0.29, 0.717) is 35.5 Å². The molecule has 0 aromatic heterocycles. The monoisotopic (exact) mass is 349 g/mol. The van der Waals surface area contributed by atoms with Gasteiger partial charge in [-0.1, -0.05) is 6.07 Å². The zero-order chi connectivity index (χ0) is 18.5. The van der Waals surface area contributed by atoms with Gasteiger partial charge in [0.15, 0.2) is 0 Å². The molecule has 6 heteroatoms. The number of nitriles is 1. The van der Waals surface area contributed by atoms with Crippen LogP contribution < -0.4 is 10.1 Å². The summed E-state index contributed by atoms with van der Waals surface area (Å²) in [5.74, 6) is 0.268. The number of carbonyl (C=O) groups excluding carboxylic acids is 2. The number of nitrogens with one attached hydrogen (secondary N) is 1. The average Bonchev–Trinajstić information content (AvgIpc) is 3.18. The van der Waals surface area contributed by atoms with Gasteiger partial charge in [-0.2, -0.15) is 5.26 Å². The standard InChI is InChI=1S/C20H19N3O3/c1-26-17-9-7-16(8-10-17)22-19(24)18-6-3-11-23(18)20(25)15-5-2-4-14(12-15)13-21/h2,4-5,7-10,12,18H,3,6,11H2,1H3,(H,22,24)/t18-/m1/s1. The number of amides is 2. The highest BCUT2D eigenvalue weighted by Gasteiger charge is 2.34.